The first-order valence-electron chi connectivity index (χ1n) is 6.19. The highest BCUT2D eigenvalue weighted by Crippen LogP contribution is 2.28. The van der Waals surface area contributed by atoms with E-state index in [4.69, 9.17) is 4.74 Å². The number of anilines is 2. The van der Waals surface area contributed by atoms with E-state index < -0.39 is 11.6 Å². The Hall–Kier alpha value is -2.76. The van der Waals surface area contributed by atoms with E-state index in [2.05, 4.69) is 15.3 Å². The summed E-state index contributed by atoms with van der Waals surface area (Å²) in [5.41, 5.74) is 0.683. The Morgan fingerprint density at radius 1 is 1.10 bits per heavy atom. The Kier molecular flexibility index (Phi) is 3.35. The van der Waals surface area contributed by atoms with Crippen LogP contribution >= 0.6 is 0 Å². The average molecular weight is 287 g/mol. The number of halogens is 2. The minimum Gasteiger partial charge on any atom is -0.497 e. The molecule has 106 valence electrons. The number of ether oxygens (including phenoxy) is 1. The SMILES string of the molecule is COc1ccc2ncnc(Nc3cccc(F)c3F)c2c1. The third-order valence-electron chi connectivity index (χ3n) is 3.05. The van der Waals surface area contributed by atoms with Crippen molar-refractivity contribution in [3.63, 3.8) is 0 Å². The Balaban J connectivity index is 2.09. The smallest absolute Gasteiger partial charge is 0.182 e. The average Bonchev–Trinajstić information content (AvgIpc) is 2.51. The van der Waals surface area contributed by atoms with E-state index in [-0.39, 0.29) is 5.69 Å². The number of hydrogen-bond donors (Lipinski definition) is 1. The van der Waals surface area contributed by atoms with Crippen LogP contribution in [0.4, 0.5) is 20.3 Å². The fourth-order valence-electron chi connectivity index (χ4n) is 1.99. The molecule has 1 N–H and O–H groups in total. The first kappa shape index (κ1) is 13.2. The van der Waals surface area contributed by atoms with Gasteiger partial charge >= 0.3 is 0 Å². The standard InChI is InChI=1S/C15H11F2N3O/c1-21-9-5-6-12-10(7-9)15(19-8-18-12)20-13-4-2-3-11(16)14(13)17/h2-8H,1H3,(H,18,19,20). The van der Waals surface area contributed by atoms with Crippen LogP contribution in [0.3, 0.4) is 0 Å². The van der Waals surface area contributed by atoms with Crippen molar-refractivity contribution < 1.29 is 13.5 Å². The van der Waals surface area contributed by atoms with Gasteiger partial charge in [-0.25, -0.2) is 18.7 Å². The molecule has 1 aromatic heterocycles. The normalized spacial score (nSPS) is 10.6. The molecule has 0 aliphatic carbocycles. The minimum absolute atomic E-state index is 0.0119. The van der Waals surface area contributed by atoms with Crippen molar-refractivity contribution in [2.75, 3.05) is 12.4 Å². The first-order chi connectivity index (χ1) is 10.2. The predicted octanol–water partition coefficient (Wildman–Crippen LogP) is 3.66. The lowest BCUT2D eigenvalue weighted by Gasteiger charge is -2.10. The summed E-state index contributed by atoms with van der Waals surface area (Å²) >= 11 is 0. The van der Waals surface area contributed by atoms with Gasteiger partial charge in [0.25, 0.3) is 0 Å². The van der Waals surface area contributed by atoms with E-state index in [0.29, 0.717) is 22.5 Å². The lowest BCUT2D eigenvalue weighted by Crippen LogP contribution is -1.99. The lowest BCUT2D eigenvalue weighted by atomic mass is 10.2. The monoisotopic (exact) mass is 287 g/mol. The molecule has 6 heteroatoms. The molecular formula is C15H11F2N3O. The van der Waals surface area contributed by atoms with Crippen molar-refractivity contribution in [3.05, 3.63) is 54.4 Å². The Morgan fingerprint density at radius 2 is 1.95 bits per heavy atom. The fraction of sp³-hybridized carbons (Fsp3) is 0.0667. The van der Waals surface area contributed by atoms with Crippen LogP contribution in [0.1, 0.15) is 0 Å². The van der Waals surface area contributed by atoms with Gasteiger partial charge in [0.05, 0.1) is 18.3 Å². The summed E-state index contributed by atoms with van der Waals surface area (Å²) in [5, 5.41) is 3.44. The molecule has 1 heterocycles. The highest BCUT2D eigenvalue weighted by Gasteiger charge is 2.11. The maximum Gasteiger partial charge on any atom is 0.182 e. The van der Waals surface area contributed by atoms with Gasteiger partial charge in [0.15, 0.2) is 11.6 Å². The molecule has 0 aliphatic heterocycles. The molecule has 0 unspecified atom stereocenters. The number of benzene rings is 2. The number of methoxy groups -OCH3 is 1. The Morgan fingerprint density at radius 3 is 2.76 bits per heavy atom. The van der Waals surface area contributed by atoms with Crippen molar-refractivity contribution in [2.24, 2.45) is 0 Å². The summed E-state index contributed by atoms with van der Waals surface area (Å²) in [7, 11) is 1.55. The second-order valence-corrected chi connectivity index (χ2v) is 4.33. The number of fused-ring (bicyclic) bond motifs is 1. The van der Waals surface area contributed by atoms with Crippen LogP contribution in [-0.4, -0.2) is 17.1 Å². The molecular weight excluding hydrogens is 276 g/mol. The van der Waals surface area contributed by atoms with Gasteiger partial charge in [-0.15, -0.1) is 0 Å². The molecule has 3 rings (SSSR count). The molecule has 0 bridgehead atoms. The number of hydrogen-bond acceptors (Lipinski definition) is 4. The van der Waals surface area contributed by atoms with Gasteiger partial charge in [-0.1, -0.05) is 6.07 Å². The molecule has 3 aromatic rings. The molecule has 0 saturated carbocycles. The van der Waals surface area contributed by atoms with Crippen molar-refractivity contribution in [2.45, 2.75) is 0 Å². The van der Waals surface area contributed by atoms with Crippen LogP contribution in [0, 0.1) is 11.6 Å². The lowest BCUT2D eigenvalue weighted by molar-refractivity contribution is 0.415. The highest BCUT2D eigenvalue weighted by molar-refractivity contribution is 5.91. The summed E-state index contributed by atoms with van der Waals surface area (Å²) < 4.78 is 32.1. The molecule has 0 saturated heterocycles. The van der Waals surface area contributed by atoms with E-state index in [1.165, 1.54) is 18.5 Å². The van der Waals surface area contributed by atoms with Crippen LogP contribution in [0.2, 0.25) is 0 Å². The maximum absolute atomic E-state index is 13.7. The van der Waals surface area contributed by atoms with Gasteiger partial charge in [-0.3, -0.25) is 0 Å². The van der Waals surface area contributed by atoms with Crippen molar-refractivity contribution in [1.29, 1.82) is 0 Å². The molecule has 21 heavy (non-hydrogen) atoms. The van der Waals surface area contributed by atoms with E-state index in [0.717, 1.165) is 6.07 Å². The first-order valence-corrected chi connectivity index (χ1v) is 6.19. The quantitative estimate of drug-likeness (QED) is 0.798. The minimum atomic E-state index is -0.952. The molecule has 0 spiro atoms. The molecule has 0 fully saturated rings. The Labute approximate surface area is 119 Å². The molecule has 4 nitrogen and oxygen atoms in total. The van der Waals surface area contributed by atoms with Crippen LogP contribution in [0.15, 0.2) is 42.7 Å². The molecule has 2 aromatic carbocycles. The molecule has 0 aliphatic rings. The van der Waals surface area contributed by atoms with Crippen molar-refractivity contribution in [3.8, 4) is 5.75 Å². The van der Waals surface area contributed by atoms with Crippen LogP contribution < -0.4 is 10.1 Å². The van der Waals surface area contributed by atoms with E-state index >= 15 is 0 Å². The summed E-state index contributed by atoms with van der Waals surface area (Å²) in [6.45, 7) is 0. The summed E-state index contributed by atoms with van der Waals surface area (Å²) in [6, 6.07) is 9.18. The van der Waals surface area contributed by atoms with Crippen LogP contribution in [-0.2, 0) is 0 Å². The van der Waals surface area contributed by atoms with Crippen molar-refractivity contribution in [1.82, 2.24) is 9.97 Å². The predicted molar refractivity (Wildman–Crippen MR) is 75.7 cm³/mol. The zero-order valence-corrected chi connectivity index (χ0v) is 11.1. The maximum atomic E-state index is 13.7. The third-order valence-corrected chi connectivity index (χ3v) is 3.05. The molecule has 0 radical (unpaired) electrons. The van der Waals surface area contributed by atoms with Gasteiger partial charge in [-0.05, 0) is 30.3 Å². The van der Waals surface area contributed by atoms with Gasteiger partial charge in [0, 0.05) is 5.39 Å². The topological polar surface area (TPSA) is 47.0 Å². The highest BCUT2D eigenvalue weighted by atomic mass is 19.2. The van der Waals surface area contributed by atoms with E-state index in [1.54, 1.807) is 25.3 Å². The van der Waals surface area contributed by atoms with Gasteiger partial charge in [0.2, 0.25) is 0 Å². The summed E-state index contributed by atoms with van der Waals surface area (Å²) in [6.07, 6.45) is 1.36. The zero-order valence-electron chi connectivity index (χ0n) is 11.1. The van der Waals surface area contributed by atoms with Crippen LogP contribution in [0.25, 0.3) is 10.9 Å². The van der Waals surface area contributed by atoms with Crippen molar-refractivity contribution >= 4 is 22.4 Å². The summed E-state index contributed by atoms with van der Waals surface area (Å²) in [5.74, 6) is -0.869. The molecule has 0 amide bonds. The Bertz CT molecular complexity index is 808. The second kappa shape index (κ2) is 5.32. The third kappa shape index (κ3) is 2.47. The number of nitrogens with one attached hydrogen (secondary N) is 1. The summed E-state index contributed by atoms with van der Waals surface area (Å²) in [4.78, 5) is 8.21. The van der Waals surface area contributed by atoms with Gasteiger partial charge < -0.3 is 10.1 Å². The van der Waals surface area contributed by atoms with E-state index in [9.17, 15) is 8.78 Å². The zero-order chi connectivity index (χ0) is 14.8. The number of aromatic nitrogens is 2. The van der Waals surface area contributed by atoms with Gasteiger partial charge in [0.1, 0.15) is 17.9 Å². The number of nitrogens with zero attached hydrogens (tertiary/aromatic N) is 2. The van der Waals surface area contributed by atoms with E-state index in [1.807, 2.05) is 0 Å². The largest absolute Gasteiger partial charge is 0.497 e. The van der Waals surface area contributed by atoms with Crippen LogP contribution in [0.5, 0.6) is 5.75 Å². The van der Waals surface area contributed by atoms with Gasteiger partial charge in [-0.2, -0.15) is 0 Å². The molecule has 0 atom stereocenters. The fourth-order valence-corrected chi connectivity index (χ4v) is 1.99. The number of rotatable bonds is 3. The second-order valence-electron chi connectivity index (χ2n) is 4.33.